The molecule has 10 heavy (non-hydrogen) atoms. The van der Waals surface area contributed by atoms with Crippen LogP contribution in [0.25, 0.3) is 0 Å². The van der Waals surface area contributed by atoms with Gasteiger partial charge in [-0.15, -0.1) is 23.5 Å². The highest BCUT2D eigenvalue weighted by atomic mass is 32.2. The van der Waals surface area contributed by atoms with Gasteiger partial charge in [-0.3, -0.25) is 4.79 Å². The number of thioether (sulfide) groups is 2. The Kier molecular flexibility index (Phi) is 3.42. The van der Waals surface area contributed by atoms with E-state index in [1.807, 2.05) is 5.08 Å². The van der Waals surface area contributed by atoms with Gasteiger partial charge in [0.1, 0.15) is 5.25 Å². The Morgan fingerprint density at radius 1 is 1.80 bits per heavy atom. The number of carbonyl (C=O) groups excluding carboxylic acids is 1. The van der Waals surface area contributed by atoms with E-state index < -0.39 is 0 Å². The summed E-state index contributed by atoms with van der Waals surface area (Å²) in [5.41, 5.74) is 0. The van der Waals surface area contributed by atoms with E-state index in [1.54, 1.807) is 23.5 Å². The summed E-state index contributed by atoms with van der Waals surface area (Å²) in [4.78, 5) is 10.9. The molecule has 1 fully saturated rings. The summed E-state index contributed by atoms with van der Waals surface area (Å²) in [7, 11) is 1.44. The molecule has 0 aromatic carbocycles. The zero-order valence-corrected chi connectivity index (χ0v) is 7.33. The van der Waals surface area contributed by atoms with Gasteiger partial charge in [0.05, 0.1) is 12.2 Å². The Hall–Kier alpha value is 0.170. The number of hydrogen-bond acceptors (Lipinski definition) is 4. The first-order valence-corrected chi connectivity index (χ1v) is 5.00. The van der Waals surface area contributed by atoms with Gasteiger partial charge in [-0.1, -0.05) is 0 Å². The van der Waals surface area contributed by atoms with Crippen LogP contribution in [0, 0.1) is 5.08 Å². The van der Waals surface area contributed by atoms with Gasteiger partial charge in [0, 0.05) is 0 Å². The topological polar surface area (TPSA) is 26.3 Å². The van der Waals surface area contributed by atoms with E-state index in [2.05, 4.69) is 4.74 Å². The molecule has 57 valence electrons. The Labute approximate surface area is 69.1 Å². The Morgan fingerprint density at radius 2 is 2.60 bits per heavy atom. The number of methoxy groups -OCH3 is 1. The maximum atomic E-state index is 10.9. The zero-order valence-electron chi connectivity index (χ0n) is 5.70. The highest BCUT2D eigenvalue weighted by molar-refractivity contribution is 8.20. The summed E-state index contributed by atoms with van der Waals surface area (Å²) >= 11 is 3.32. The summed E-state index contributed by atoms with van der Waals surface area (Å²) in [5, 5.41) is 2.05. The Morgan fingerprint density at radius 3 is 3.10 bits per heavy atom. The minimum atomic E-state index is -0.0958. The predicted molar refractivity (Wildman–Crippen MR) is 44.8 cm³/mol. The third kappa shape index (κ3) is 2.09. The maximum absolute atomic E-state index is 10.9. The van der Waals surface area contributed by atoms with Crippen molar-refractivity contribution in [1.82, 2.24) is 0 Å². The van der Waals surface area contributed by atoms with Crippen molar-refractivity contribution in [3.05, 3.63) is 5.08 Å². The summed E-state index contributed by atoms with van der Waals surface area (Å²) in [5.74, 6) is 0.939. The molecule has 0 N–H and O–H groups in total. The second-order valence-electron chi connectivity index (χ2n) is 1.90. The van der Waals surface area contributed by atoms with Gasteiger partial charge in [0.25, 0.3) is 0 Å². The van der Waals surface area contributed by atoms with Crippen molar-refractivity contribution in [3.8, 4) is 0 Å². The van der Waals surface area contributed by atoms with Crippen LogP contribution in [0.1, 0.15) is 6.42 Å². The average molecular weight is 177 g/mol. The lowest BCUT2D eigenvalue weighted by Crippen LogP contribution is -2.21. The van der Waals surface area contributed by atoms with Crippen molar-refractivity contribution in [3.63, 3.8) is 0 Å². The molecule has 0 amide bonds. The molecule has 1 radical (unpaired) electrons. The quantitative estimate of drug-likeness (QED) is 0.567. The fraction of sp³-hybridized carbons (Fsp3) is 0.667. The lowest BCUT2D eigenvalue weighted by Gasteiger charge is -2.17. The van der Waals surface area contributed by atoms with Crippen LogP contribution in [0.3, 0.4) is 0 Å². The van der Waals surface area contributed by atoms with Crippen molar-refractivity contribution in [2.45, 2.75) is 11.7 Å². The lowest BCUT2D eigenvalue weighted by atomic mass is 10.3. The monoisotopic (exact) mass is 177 g/mol. The highest BCUT2D eigenvalue weighted by Gasteiger charge is 2.22. The largest absolute Gasteiger partial charge is 0.468 e. The third-order valence-corrected chi connectivity index (χ3v) is 3.47. The maximum Gasteiger partial charge on any atom is 0.318 e. The molecule has 1 aliphatic heterocycles. The molecule has 1 aliphatic rings. The summed E-state index contributed by atoms with van der Waals surface area (Å²) in [6, 6.07) is 0. The second-order valence-corrected chi connectivity index (χ2v) is 4.26. The van der Waals surface area contributed by atoms with E-state index >= 15 is 0 Å². The predicted octanol–water partition coefficient (Wildman–Crippen LogP) is 1.52. The Bertz CT molecular complexity index is 121. The number of carbonyl (C=O) groups is 1. The van der Waals surface area contributed by atoms with Crippen molar-refractivity contribution in [1.29, 1.82) is 0 Å². The third-order valence-electron chi connectivity index (χ3n) is 1.25. The molecule has 2 nitrogen and oxygen atoms in total. The van der Waals surface area contributed by atoms with Crippen LogP contribution in [0.15, 0.2) is 0 Å². The smallest absolute Gasteiger partial charge is 0.318 e. The van der Waals surface area contributed by atoms with Gasteiger partial charge in [0.15, 0.2) is 0 Å². The number of rotatable bonds is 1. The molecule has 1 unspecified atom stereocenters. The standard InChI is InChI=1S/C6H9O2S2/c1-8-6(7)5-2-3-9-4-10-5/h4-5H,2-3H2,1H3. The minimum Gasteiger partial charge on any atom is -0.468 e. The molecule has 0 spiro atoms. The van der Waals surface area contributed by atoms with Crippen molar-refractivity contribution < 1.29 is 9.53 Å². The van der Waals surface area contributed by atoms with E-state index in [0.29, 0.717) is 0 Å². The minimum absolute atomic E-state index is 0.0475. The van der Waals surface area contributed by atoms with Crippen LogP contribution < -0.4 is 0 Å². The molecule has 1 atom stereocenters. The molecule has 4 heteroatoms. The number of ether oxygens (including phenoxy) is 1. The van der Waals surface area contributed by atoms with Crippen LogP contribution in [0.4, 0.5) is 0 Å². The highest BCUT2D eigenvalue weighted by Crippen LogP contribution is 2.32. The van der Waals surface area contributed by atoms with Gasteiger partial charge < -0.3 is 4.74 Å². The Balaban J connectivity index is 2.31. The van der Waals surface area contributed by atoms with Crippen LogP contribution in [-0.4, -0.2) is 24.1 Å². The number of esters is 1. The van der Waals surface area contributed by atoms with Gasteiger partial charge in [-0.05, 0) is 12.2 Å². The van der Waals surface area contributed by atoms with Crippen molar-refractivity contribution >= 4 is 29.5 Å². The summed E-state index contributed by atoms with van der Waals surface area (Å²) in [6.07, 6.45) is 0.929. The first-order chi connectivity index (χ1) is 4.84. The first kappa shape index (κ1) is 8.27. The summed E-state index contributed by atoms with van der Waals surface area (Å²) < 4.78 is 4.60. The molecule has 0 aromatic rings. The van der Waals surface area contributed by atoms with E-state index in [9.17, 15) is 4.79 Å². The molecule has 1 heterocycles. The van der Waals surface area contributed by atoms with Crippen LogP contribution in [-0.2, 0) is 9.53 Å². The van der Waals surface area contributed by atoms with Gasteiger partial charge in [0.2, 0.25) is 0 Å². The van der Waals surface area contributed by atoms with E-state index in [-0.39, 0.29) is 11.2 Å². The fourth-order valence-corrected chi connectivity index (χ4v) is 2.92. The molecule has 0 bridgehead atoms. The van der Waals surface area contributed by atoms with Gasteiger partial charge in [-0.25, -0.2) is 0 Å². The molecule has 1 saturated heterocycles. The molecule has 0 saturated carbocycles. The van der Waals surface area contributed by atoms with Crippen LogP contribution in [0.2, 0.25) is 0 Å². The van der Waals surface area contributed by atoms with Crippen LogP contribution in [0.5, 0.6) is 0 Å². The van der Waals surface area contributed by atoms with Crippen molar-refractivity contribution in [2.24, 2.45) is 0 Å². The first-order valence-electron chi connectivity index (χ1n) is 3.01. The lowest BCUT2D eigenvalue weighted by molar-refractivity contribution is -0.139. The van der Waals surface area contributed by atoms with Crippen LogP contribution >= 0.6 is 23.5 Å². The fourth-order valence-electron chi connectivity index (χ4n) is 0.702. The van der Waals surface area contributed by atoms with Gasteiger partial charge in [-0.2, -0.15) is 0 Å². The molecule has 0 aliphatic carbocycles. The SMILES string of the molecule is COC(=O)C1CCS[CH]S1. The van der Waals surface area contributed by atoms with Crippen molar-refractivity contribution in [2.75, 3.05) is 12.9 Å². The number of hydrogen-bond donors (Lipinski definition) is 0. The van der Waals surface area contributed by atoms with Gasteiger partial charge >= 0.3 is 5.97 Å². The molecular weight excluding hydrogens is 168 g/mol. The van der Waals surface area contributed by atoms with E-state index in [0.717, 1.165) is 12.2 Å². The molecule has 0 aromatic heterocycles. The average Bonchev–Trinajstić information content (AvgIpc) is 2.05. The molecule has 1 rings (SSSR count). The van der Waals surface area contributed by atoms with E-state index in [1.165, 1.54) is 7.11 Å². The van der Waals surface area contributed by atoms with E-state index in [4.69, 9.17) is 0 Å². The normalized spacial score (nSPS) is 25.9. The molecular formula is C6H9O2S2. The zero-order chi connectivity index (χ0) is 7.40. The summed E-state index contributed by atoms with van der Waals surface area (Å²) in [6.45, 7) is 0. The second kappa shape index (κ2) is 4.13.